The fourth-order valence-corrected chi connectivity index (χ4v) is 8.60. The Kier molecular flexibility index (Phi) is 5.53. The summed E-state index contributed by atoms with van der Waals surface area (Å²) in [5.41, 5.74) is 5.45. The first kappa shape index (κ1) is 26.5. The topological polar surface area (TPSA) is 105 Å². The van der Waals surface area contributed by atoms with Gasteiger partial charge < -0.3 is 9.13 Å². The first-order valence-electron chi connectivity index (χ1n) is 14.9. The predicted molar refractivity (Wildman–Crippen MR) is 187 cm³/mol. The van der Waals surface area contributed by atoms with Crippen LogP contribution < -0.4 is 0 Å². The molecule has 6 nitrogen and oxygen atoms in total. The fraction of sp³-hybridized carbons (Fsp3) is 0. The molecule has 0 aliphatic carbocycles. The van der Waals surface area contributed by atoms with Crippen LogP contribution in [0, 0.1) is 45.3 Å². The lowest BCUT2D eigenvalue weighted by atomic mass is 9.97. The standard InChI is InChI=1S/C40H18N6S/c41-19-23-18-24(20-42)31(22-44)38(30(23)21-43)46-33-13-7-5-11-29(33)37-35(46)17-15-27-26-14-16-34-36(39(26)47-40(27)37)28-10-4-6-12-32(28)45(34)25-8-2-1-3-9-25/h1-18H. The number of thiophene rings is 1. The summed E-state index contributed by atoms with van der Waals surface area (Å²) in [5.74, 6) is 0. The van der Waals surface area contributed by atoms with Gasteiger partial charge in [-0.25, -0.2) is 0 Å². The van der Waals surface area contributed by atoms with Gasteiger partial charge >= 0.3 is 0 Å². The second-order valence-electron chi connectivity index (χ2n) is 11.3. The number of benzene rings is 6. The summed E-state index contributed by atoms with van der Waals surface area (Å²) >= 11 is 1.74. The highest BCUT2D eigenvalue weighted by Gasteiger charge is 2.25. The van der Waals surface area contributed by atoms with E-state index >= 15 is 0 Å². The molecule has 0 unspecified atom stereocenters. The summed E-state index contributed by atoms with van der Waals surface area (Å²) in [7, 11) is 0. The van der Waals surface area contributed by atoms with Crippen molar-refractivity contribution < 1.29 is 0 Å². The van der Waals surface area contributed by atoms with Crippen LogP contribution in [-0.4, -0.2) is 9.13 Å². The first-order valence-corrected chi connectivity index (χ1v) is 15.7. The van der Waals surface area contributed by atoms with Gasteiger partial charge in [-0.15, -0.1) is 11.3 Å². The molecule has 0 atom stereocenters. The van der Waals surface area contributed by atoms with Crippen molar-refractivity contribution in [1.29, 1.82) is 21.0 Å². The molecule has 3 aromatic heterocycles. The molecule has 0 aliphatic heterocycles. The molecule has 214 valence electrons. The molecule has 0 radical (unpaired) electrons. The SMILES string of the molecule is N#Cc1cc(C#N)c(C#N)c(-n2c3ccccc3c3c4sc5c(ccc6c5c5ccccc5n6-c5ccccc5)c4ccc32)c1C#N. The van der Waals surface area contributed by atoms with E-state index in [2.05, 4.69) is 95.6 Å². The molecular formula is C40H18N6S. The van der Waals surface area contributed by atoms with E-state index in [0.29, 0.717) is 0 Å². The molecule has 6 aromatic carbocycles. The van der Waals surface area contributed by atoms with Crippen molar-refractivity contribution in [2.24, 2.45) is 0 Å². The third kappa shape index (κ3) is 3.44. The second kappa shape index (κ2) is 9.80. The molecule has 47 heavy (non-hydrogen) atoms. The maximum Gasteiger partial charge on any atom is 0.103 e. The van der Waals surface area contributed by atoms with Gasteiger partial charge in [-0.1, -0.05) is 66.7 Å². The first-order chi connectivity index (χ1) is 23.2. The van der Waals surface area contributed by atoms with Crippen molar-refractivity contribution >= 4 is 75.1 Å². The normalized spacial score (nSPS) is 11.3. The number of para-hydroxylation sites is 3. The van der Waals surface area contributed by atoms with Crippen LogP contribution in [0.1, 0.15) is 22.3 Å². The molecule has 0 amide bonds. The van der Waals surface area contributed by atoms with Gasteiger partial charge in [0.15, 0.2) is 0 Å². The average Bonchev–Trinajstić information content (AvgIpc) is 3.78. The zero-order valence-electron chi connectivity index (χ0n) is 24.5. The molecule has 0 fully saturated rings. The minimum atomic E-state index is 0.0594. The van der Waals surface area contributed by atoms with E-state index in [4.69, 9.17) is 0 Å². The summed E-state index contributed by atoms with van der Waals surface area (Å²) in [6.07, 6.45) is 0. The van der Waals surface area contributed by atoms with Gasteiger partial charge in [-0.2, -0.15) is 21.0 Å². The lowest BCUT2D eigenvalue weighted by Gasteiger charge is -2.14. The quantitative estimate of drug-likeness (QED) is 0.193. The molecule has 0 aliphatic rings. The van der Waals surface area contributed by atoms with Crippen LogP contribution >= 0.6 is 11.3 Å². The third-order valence-corrected chi connectivity index (χ3v) is 10.3. The van der Waals surface area contributed by atoms with Crippen molar-refractivity contribution in [3.8, 4) is 35.7 Å². The van der Waals surface area contributed by atoms with Gasteiger partial charge in [0.1, 0.15) is 24.3 Å². The molecule has 9 aromatic rings. The number of hydrogen-bond acceptors (Lipinski definition) is 5. The van der Waals surface area contributed by atoms with E-state index in [1.807, 2.05) is 41.0 Å². The lowest BCUT2D eigenvalue weighted by molar-refractivity contribution is 1.15. The Morgan fingerprint density at radius 1 is 0.447 bits per heavy atom. The molecule has 0 N–H and O–H groups in total. The molecule has 0 saturated heterocycles. The van der Waals surface area contributed by atoms with Gasteiger partial charge in [-0.3, -0.25) is 0 Å². The zero-order valence-corrected chi connectivity index (χ0v) is 25.3. The van der Waals surface area contributed by atoms with Crippen LogP contribution in [0.5, 0.6) is 0 Å². The van der Waals surface area contributed by atoms with E-state index in [9.17, 15) is 21.0 Å². The number of fused-ring (bicyclic) bond motifs is 11. The number of nitriles is 4. The van der Waals surface area contributed by atoms with E-state index < -0.39 is 0 Å². The highest BCUT2D eigenvalue weighted by molar-refractivity contribution is 7.27. The molecule has 0 saturated carbocycles. The van der Waals surface area contributed by atoms with E-state index in [1.54, 1.807) is 11.3 Å². The summed E-state index contributed by atoms with van der Waals surface area (Å²) in [5, 5.41) is 47.0. The second-order valence-corrected chi connectivity index (χ2v) is 12.4. The molecular weight excluding hydrogens is 597 g/mol. The molecule has 9 rings (SSSR count). The fourth-order valence-electron chi connectivity index (χ4n) is 7.19. The van der Waals surface area contributed by atoms with Crippen LogP contribution in [0.15, 0.2) is 109 Å². The van der Waals surface area contributed by atoms with Gasteiger partial charge in [0.05, 0.1) is 50.0 Å². The number of aromatic nitrogens is 2. The Balaban J connectivity index is 1.47. The number of rotatable bonds is 2. The van der Waals surface area contributed by atoms with Crippen molar-refractivity contribution in [2.45, 2.75) is 0 Å². The molecule has 0 bridgehead atoms. The molecule has 3 heterocycles. The van der Waals surface area contributed by atoms with Crippen molar-refractivity contribution in [3.63, 3.8) is 0 Å². The van der Waals surface area contributed by atoms with Crippen molar-refractivity contribution in [2.75, 3.05) is 0 Å². The zero-order chi connectivity index (χ0) is 31.8. The van der Waals surface area contributed by atoms with Gasteiger partial charge in [-0.05, 0) is 42.5 Å². The lowest BCUT2D eigenvalue weighted by Crippen LogP contribution is -2.05. The van der Waals surface area contributed by atoms with Crippen molar-refractivity contribution in [1.82, 2.24) is 9.13 Å². The van der Waals surface area contributed by atoms with E-state index in [-0.39, 0.29) is 27.9 Å². The van der Waals surface area contributed by atoms with Crippen LogP contribution in [0.2, 0.25) is 0 Å². The Hall–Kier alpha value is -6.90. The molecule has 7 heteroatoms. The highest BCUT2D eigenvalue weighted by Crippen LogP contribution is 2.48. The summed E-state index contributed by atoms with van der Waals surface area (Å²) in [6.45, 7) is 0. The van der Waals surface area contributed by atoms with Crippen molar-refractivity contribution in [3.05, 3.63) is 131 Å². The van der Waals surface area contributed by atoms with Crippen LogP contribution in [0.3, 0.4) is 0 Å². The van der Waals surface area contributed by atoms with Crippen LogP contribution in [-0.2, 0) is 0 Å². The predicted octanol–water partition coefficient (Wildman–Crippen LogP) is 9.74. The van der Waals surface area contributed by atoms with Gasteiger partial charge in [0.25, 0.3) is 0 Å². The average molecular weight is 615 g/mol. The van der Waals surface area contributed by atoms with Gasteiger partial charge in [0.2, 0.25) is 0 Å². The summed E-state index contributed by atoms with van der Waals surface area (Å²) < 4.78 is 6.47. The Morgan fingerprint density at radius 3 is 1.47 bits per heavy atom. The maximum absolute atomic E-state index is 10.3. The summed E-state index contributed by atoms with van der Waals surface area (Å²) in [6, 6.07) is 45.1. The van der Waals surface area contributed by atoms with E-state index in [0.717, 1.165) is 54.0 Å². The minimum absolute atomic E-state index is 0.0594. The van der Waals surface area contributed by atoms with E-state index in [1.165, 1.54) is 21.5 Å². The largest absolute Gasteiger partial charge is 0.309 e. The minimum Gasteiger partial charge on any atom is -0.309 e. The number of nitrogens with zero attached hydrogens (tertiary/aromatic N) is 6. The Morgan fingerprint density at radius 2 is 0.936 bits per heavy atom. The van der Waals surface area contributed by atoms with Crippen LogP contribution in [0.4, 0.5) is 0 Å². The smallest absolute Gasteiger partial charge is 0.103 e. The third-order valence-electron chi connectivity index (χ3n) is 9.08. The number of hydrogen-bond donors (Lipinski definition) is 0. The van der Waals surface area contributed by atoms with Gasteiger partial charge in [0, 0.05) is 47.4 Å². The maximum atomic E-state index is 10.3. The Bertz CT molecular complexity index is 2950. The molecule has 0 spiro atoms. The monoisotopic (exact) mass is 614 g/mol. The highest BCUT2D eigenvalue weighted by atomic mass is 32.1. The Labute approximate surface area is 271 Å². The van der Waals surface area contributed by atoms with Crippen LogP contribution in [0.25, 0.3) is 75.2 Å². The summed E-state index contributed by atoms with van der Waals surface area (Å²) in [4.78, 5) is 0.